The fourth-order valence-corrected chi connectivity index (χ4v) is 4.31. The smallest absolute Gasteiger partial charge is 0.315 e. The first kappa shape index (κ1) is 22.9. The zero-order valence-corrected chi connectivity index (χ0v) is 18.7. The number of benzene rings is 2. The first-order chi connectivity index (χ1) is 14.9. The highest BCUT2D eigenvalue weighted by Gasteiger charge is 2.21. The van der Waals surface area contributed by atoms with Crippen molar-refractivity contribution in [1.29, 1.82) is 0 Å². The molecular formula is C22H30N4O4S. The first-order valence-corrected chi connectivity index (χ1v) is 12.0. The van der Waals surface area contributed by atoms with Gasteiger partial charge in [0, 0.05) is 31.4 Å². The van der Waals surface area contributed by atoms with E-state index in [4.69, 9.17) is 4.74 Å². The minimum absolute atomic E-state index is 0.0626. The number of hydrogen-bond acceptors (Lipinski definition) is 5. The number of sulfonamides is 1. The third-order valence-electron chi connectivity index (χ3n) is 5.41. The van der Waals surface area contributed by atoms with Gasteiger partial charge in [-0.2, -0.15) is 0 Å². The second-order valence-corrected chi connectivity index (χ2v) is 9.49. The Kier molecular flexibility index (Phi) is 7.75. The molecule has 1 saturated heterocycles. The molecule has 8 nitrogen and oxygen atoms in total. The van der Waals surface area contributed by atoms with E-state index in [0.29, 0.717) is 12.1 Å². The maximum Gasteiger partial charge on any atom is 0.315 e. The van der Waals surface area contributed by atoms with Crippen LogP contribution in [-0.2, 0) is 22.3 Å². The molecule has 0 bridgehead atoms. The maximum absolute atomic E-state index is 12.3. The van der Waals surface area contributed by atoms with Gasteiger partial charge in [-0.1, -0.05) is 24.3 Å². The molecule has 0 saturated carbocycles. The molecule has 0 unspecified atom stereocenters. The lowest BCUT2D eigenvalue weighted by Gasteiger charge is -2.34. The highest BCUT2D eigenvalue weighted by molar-refractivity contribution is 7.88. The Bertz CT molecular complexity index is 954. The van der Waals surface area contributed by atoms with Gasteiger partial charge in [-0.05, 0) is 55.3 Å². The number of ether oxygens (including phenoxy) is 1. The molecule has 0 radical (unpaired) electrons. The van der Waals surface area contributed by atoms with Crippen molar-refractivity contribution in [2.45, 2.75) is 31.2 Å². The summed E-state index contributed by atoms with van der Waals surface area (Å²) in [6.07, 6.45) is 1.77. The predicted octanol–water partition coefficient (Wildman–Crippen LogP) is 2.21. The zero-order chi connectivity index (χ0) is 22.3. The van der Waals surface area contributed by atoms with Crippen LogP contribution in [-0.4, -0.2) is 47.7 Å². The van der Waals surface area contributed by atoms with Crippen LogP contribution < -0.4 is 25.0 Å². The van der Waals surface area contributed by atoms with Crippen LogP contribution in [0.4, 0.5) is 10.5 Å². The average Bonchev–Trinajstić information content (AvgIpc) is 2.79. The van der Waals surface area contributed by atoms with Crippen LogP contribution in [0.2, 0.25) is 0 Å². The summed E-state index contributed by atoms with van der Waals surface area (Å²) >= 11 is 0. The maximum atomic E-state index is 12.3. The van der Waals surface area contributed by atoms with Gasteiger partial charge in [-0.25, -0.2) is 17.9 Å². The molecule has 1 fully saturated rings. The van der Waals surface area contributed by atoms with E-state index in [1.54, 1.807) is 19.2 Å². The molecule has 3 N–H and O–H groups in total. The van der Waals surface area contributed by atoms with E-state index in [1.165, 1.54) is 7.05 Å². The Morgan fingerprint density at radius 1 is 1.03 bits per heavy atom. The van der Waals surface area contributed by atoms with Crippen LogP contribution in [0, 0.1) is 0 Å². The second kappa shape index (κ2) is 10.5. The van der Waals surface area contributed by atoms with Gasteiger partial charge in [0.2, 0.25) is 10.0 Å². The quantitative estimate of drug-likeness (QED) is 0.577. The fourth-order valence-electron chi connectivity index (χ4n) is 3.54. The number of hydrogen-bond donors (Lipinski definition) is 3. The number of carbonyl (C=O) groups is 1. The molecule has 0 atom stereocenters. The number of amides is 2. The van der Waals surface area contributed by atoms with Gasteiger partial charge in [0.25, 0.3) is 0 Å². The van der Waals surface area contributed by atoms with Crippen molar-refractivity contribution >= 4 is 21.7 Å². The molecular weight excluding hydrogens is 416 g/mol. The van der Waals surface area contributed by atoms with E-state index in [9.17, 15) is 13.2 Å². The Morgan fingerprint density at radius 3 is 2.23 bits per heavy atom. The number of nitrogens with one attached hydrogen (secondary N) is 3. The largest absolute Gasteiger partial charge is 0.497 e. The van der Waals surface area contributed by atoms with E-state index in [-0.39, 0.29) is 17.8 Å². The van der Waals surface area contributed by atoms with Gasteiger partial charge in [-0.15, -0.1) is 0 Å². The van der Waals surface area contributed by atoms with E-state index in [2.05, 4.69) is 32.4 Å². The van der Waals surface area contributed by atoms with Crippen molar-refractivity contribution in [2.75, 3.05) is 32.1 Å². The lowest BCUT2D eigenvalue weighted by Crippen LogP contribution is -2.47. The summed E-state index contributed by atoms with van der Waals surface area (Å²) in [7, 11) is -0.236. The second-order valence-electron chi connectivity index (χ2n) is 7.57. The lowest BCUT2D eigenvalue weighted by atomic mass is 10.0. The number of anilines is 1. The molecule has 168 valence electrons. The number of piperidine rings is 1. The Hall–Kier alpha value is -2.78. The number of rotatable bonds is 8. The van der Waals surface area contributed by atoms with E-state index in [1.807, 2.05) is 24.3 Å². The monoisotopic (exact) mass is 446 g/mol. The van der Waals surface area contributed by atoms with E-state index in [0.717, 1.165) is 42.9 Å². The minimum atomic E-state index is -3.29. The highest BCUT2D eigenvalue weighted by atomic mass is 32.2. The fraction of sp³-hybridized carbons (Fsp3) is 0.409. The van der Waals surface area contributed by atoms with Gasteiger partial charge in [-0.3, -0.25) is 0 Å². The van der Waals surface area contributed by atoms with Gasteiger partial charge < -0.3 is 20.3 Å². The third kappa shape index (κ3) is 6.86. The van der Waals surface area contributed by atoms with Crippen molar-refractivity contribution in [1.82, 2.24) is 15.4 Å². The Morgan fingerprint density at radius 2 is 1.65 bits per heavy atom. The normalized spacial score (nSPS) is 14.8. The SMILES string of the molecule is CNS(=O)(=O)Cc1ccc(CNC(=O)NC2CCN(c3ccc(OC)cc3)CC2)cc1. The Labute approximate surface area is 184 Å². The third-order valence-corrected chi connectivity index (χ3v) is 6.75. The molecule has 2 amide bonds. The number of methoxy groups -OCH3 is 1. The number of urea groups is 1. The topological polar surface area (TPSA) is 99.8 Å². The summed E-state index contributed by atoms with van der Waals surface area (Å²) in [5.41, 5.74) is 2.77. The molecule has 31 heavy (non-hydrogen) atoms. The van der Waals surface area contributed by atoms with Crippen LogP contribution in [0.3, 0.4) is 0 Å². The molecule has 0 aliphatic carbocycles. The zero-order valence-electron chi connectivity index (χ0n) is 17.9. The predicted molar refractivity (Wildman–Crippen MR) is 122 cm³/mol. The van der Waals surface area contributed by atoms with E-state index >= 15 is 0 Å². The van der Waals surface area contributed by atoms with Crippen LogP contribution in [0.25, 0.3) is 0 Å². The average molecular weight is 447 g/mol. The summed E-state index contributed by atoms with van der Waals surface area (Å²) in [5.74, 6) is 0.780. The molecule has 1 aliphatic heterocycles. The summed E-state index contributed by atoms with van der Waals surface area (Å²) in [5, 5.41) is 5.92. The lowest BCUT2D eigenvalue weighted by molar-refractivity contribution is 0.234. The first-order valence-electron chi connectivity index (χ1n) is 10.3. The molecule has 0 spiro atoms. The Balaban J connectivity index is 1.40. The van der Waals surface area contributed by atoms with Gasteiger partial charge in [0.1, 0.15) is 5.75 Å². The van der Waals surface area contributed by atoms with E-state index < -0.39 is 10.0 Å². The van der Waals surface area contributed by atoms with Crippen molar-refractivity contribution in [2.24, 2.45) is 0 Å². The van der Waals surface area contributed by atoms with Gasteiger partial charge in [0.15, 0.2) is 0 Å². The van der Waals surface area contributed by atoms with Crippen molar-refractivity contribution in [3.8, 4) is 5.75 Å². The van der Waals surface area contributed by atoms with Crippen molar-refractivity contribution in [3.63, 3.8) is 0 Å². The van der Waals surface area contributed by atoms with Crippen molar-refractivity contribution in [3.05, 3.63) is 59.7 Å². The minimum Gasteiger partial charge on any atom is -0.497 e. The van der Waals surface area contributed by atoms with Gasteiger partial charge >= 0.3 is 6.03 Å². The van der Waals surface area contributed by atoms with Gasteiger partial charge in [0.05, 0.1) is 12.9 Å². The van der Waals surface area contributed by atoms with Crippen LogP contribution >= 0.6 is 0 Å². The molecule has 2 aromatic rings. The summed E-state index contributed by atoms with van der Waals surface area (Å²) in [6.45, 7) is 2.15. The molecule has 2 aromatic carbocycles. The van der Waals surface area contributed by atoms with Crippen LogP contribution in [0.1, 0.15) is 24.0 Å². The molecule has 9 heteroatoms. The number of nitrogens with zero attached hydrogens (tertiary/aromatic N) is 1. The summed E-state index contributed by atoms with van der Waals surface area (Å²) < 4.78 is 30.7. The highest BCUT2D eigenvalue weighted by Crippen LogP contribution is 2.22. The van der Waals surface area contributed by atoms with Crippen LogP contribution in [0.5, 0.6) is 5.75 Å². The number of carbonyl (C=O) groups excluding carboxylic acids is 1. The summed E-state index contributed by atoms with van der Waals surface area (Å²) in [6, 6.07) is 15.2. The van der Waals surface area contributed by atoms with Crippen molar-refractivity contribution < 1.29 is 17.9 Å². The molecule has 1 aliphatic rings. The molecule has 1 heterocycles. The molecule has 0 aromatic heterocycles. The van der Waals surface area contributed by atoms with Crippen LogP contribution in [0.15, 0.2) is 48.5 Å². The molecule has 3 rings (SSSR count). The summed E-state index contributed by atoms with van der Waals surface area (Å²) in [4.78, 5) is 14.6. The standard InChI is InChI=1S/C22H30N4O4S/c1-23-31(28,29)16-18-5-3-17(4-6-18)15-24-22(27)25-19-11-13-26(14-12-19)20-7-9-21(30-2)10-8-20/h3-10,19,23H,11-16H2,1-2H3,(H2,24,25,27).